The van der Waals surface area contributed by atoms with Gasteiger partial charge in [-0.2, -0.15) is 0 Å². The average Bonchev–Trinajstić information content (AvgIpc) is 3.24. The lowest BCUT2D eigenvalue weighted by Gasteiger charge is -2.10. The van der Waals surface area contributed by atoms with Gasteiger partial charge in [-0.3, -0.25) is 9.20 Å². The van der Waals surface area contributed by atoms with Gasteiger partial charge >= 0.3 is 0 Å². The van der Waals surface area contributed by atoms with Crippen molar-refractivity contribution in [1.29, 1.82) is 0 Å². The topological polar surface area (TPSA) is 81.6 Å². The number of nitrogen functional groups attached to an aromatic ring is 1. The molecule has 1 aliphatic heterocycles. The van der Waals surface area contributed by atoms with Gasteiger partial charge in [-0.1, -0.05) is 13.0 Å². The molecule has 3 aromatic rings. The minimum Gasteiger partial charge on any atom is -0.492 e. The van der Waals surface area contributed by atoms with Crippen molar-refractivity contribution >= 4 is 17.4 Å². The van der Waals surface area contributed by atoms with Gasteiger partial charge in [0, 0.05) is 24.7 Å². The Morgan fingerprint density at radius 3 is 3.08 bits per heavy atom. The summed E-state index contributed by atoms with van der Waals surface area (Å²) in [4.78, 5) is 16.7. The number of carbonyl (C=O) groups excluding carboxylic acids is 1. The zero-order valence-corrected chi connectivity index (χ0v) is 14.4. The molecule has 0 fully saturated rings. The third-order valence-corrected chi connectivity index (χ3v) is 4.51. The molecule has 0 saturated heterocycles. The predicted molar refractivity (Wildman–Crippen MR) is 96.8 cm³/mol. The summed E-state index contributed by atoms with van der Waals surface area (Å²) in [5, 5.41) is 2.77. The summed E-state index contributed by atoms with van der Waals surface area (Å²) in [5.74, 6) is 0.0346. The number of hydrogen-bond acceptors (Lipinski definition) is 4. The fourth-order valence-corrected chi connectivity index (χ4v) is 3.25. The van der Waals surface area contributed by atoms with Gasteiger partial charge in [0.2, 0.25) is 0 Å². The Bertz CT molecular complexity index is 1010. The second-order valence-electron chi connectivity index (χ2n) is 6.23. The van der Waals surface area contributed by atoms with Crippen molar-refractivity contribution in [1.82, 2.24) is 14.7 Å². The van der Waals surface area contributed by atoms with Crippen LogP contribution in [0.5, 0.6) is 5.75 Å². The first kappa shape index (κ1) is 16.4. The van der Waals surface area contributed by atoms with Crippen molar-refractivity contribution in [3.05, 3.63) is 47.5 Å². The van der Waals surface area contributed by atoms with Crippen LogP contribution in [-0.2, 0) is 6.42 Å². The first-order valence-electron chi connectivity index (χ1n) is 8.61. The minimum atomic E-state index is -0.391. The Hall–Kier alpha value is -3.09. The zero-order chi connectivity index (χ0) is 18.3. The Morgan fingerprint density at radius 2 is 2.27 bits per heavy atom. The van der Waals surface area contributed by atoms with Gasteiger partial charge < -0.3 is 15.8 Å². The van der Waals surface area contributed by atoms with Crippen LogP contribution < -0.4 is 15.8 Å². The number of nitrogens with zero attached hydrogens (tertiary/aromatic N) is 2. The molecule has 1 amide bonds. The van der Waals surface area contributed by atoms with E-state index in [9.17, 15) is 9.18 Å². The van der Waals surface area contributed by atoms with Crippen molar-refractivity contribution in [2.24, 2.45) is 0 Å². The monoisotopic (exact) mass is 354 g/mol. The number of imidazole rings is 1. The van der Waals surface area contributed by atoms with Crippen LogP contribution in [0.15, 0.2) is 30.5 Å². The Balaban J connectivity index is 1.91. The van der Waals surface area contributed by atoms with Gasteiger partial charge in [-0.25, -0.2) is 9.37 Å². The van der Waals surface area contributed by atoms with E-state index in [0.29, 0.717) is 35.7 Å². The van der Waals surface area contributed by atoms with Gasteiger partial charge in [0.05, 0.1) is 12.2 Å². The molecule has 0 unspecified atom stereocenters. The smallest absolute Gasteiger partial charge is 0.273 e. The van der Waals surface area contributed by atoms with Crippen molar-refractivity contribution in [3.8, 4) is 16.9 Å². The predicted octanol–water partition coefficient (Wildman–Crippen LogP) is 2.80. The number of ether oxygens (including phenoxy) is 1. The van der Waals surface area contributed by atoms with Gasteiger partial charge in [0.15, 0.2) is 5.69 Å². The van der Waals surface area contributed by atoms with Crippen molar-refractivity contribution in [3.63, 3.8) is 0 Å². The van der Waals surface area contributed by atoms with E-state index in [1.807, 2.05) is 6.92 Å². The fraction of sp³-hybridized carbons (Fsp3) is 0.263. The highest BCUT2D eigenvalue weighted by molar-refractivity contribution is 5.99. The number of nitrogens with one attached hydrogen (secondary N) is 1. The highest BCUT2D eigenvalue weighted by Crippen LogP contribution is 2.40. The highest BCUT2D eigenvalue weighted by atomic mass is 19.1. The molecule has 2 aromatic heterocycles. The first-order valence-corrected chi connectivity index (χ1v) is 8.61. The number of hydrogen-bond donors (Lipinski definition) is 2. The molecule has 4 rings (SSSR count). The van der Waals surface area contributed by atoms with E-state index < -0.39 is 5.82 Å². The average molecular weight is 354 g/mol. The summed E-state index contributed by atoms with van der Waals surface area (Å²) in [7, 11) is 0. The molecule has 7 heteroatoms. The molecule has 1 aromatic carbocycles. The van der Waals surface area contributed by atoms with Gasteiger partial charge in [-0.05, 0) is 30.2 Å². The molecule has 0 saturated carbocycles. The summed E-state index contributed by atoms with van der Waals surface area (Å²) >= 11 is 0. The Morgan fingerprint density at radius 1 is 1.42 bits per heavy atom. The lowest BCUT2D eigenvalue weighted by atomic mass is 10.0. The van der Waals surface area contributed by atoms with E-state index >= 15 is 0 Å². The van der Waals surface area contributed by atoms with Crippen molar-refractivity contribution < 1.29 is 13.9 Å². The zero-order valence-electron chi connectivity index (χ0n) is 14.4. The summed E-state index contributed by atoms with van der Waals surface area (Å²) < 4.78 is 21.9. The van der Waals surface area contributed by atoms with Gasteiger partial charge in [0.1, 0.15) is 23.0 Å². The molecule has 26 heavy (non-hydrogen) atoms. The number of fused-ring (bicyclic) bond motifs is 2. The molecule has 0 aliphatic carbocycles. The standard InChI is InChI=1S/C19H19FN4O2/c1-2-8-22-19(25)15-17(21)24-9-3-4-12(18(24)23-15)14-13(20)6-5-11-7-10-26-16(11)14/h3-6,9H,2,7-8,10,21H2,1H3,(H,22,25). The van der Waals surface area contributed by atoms with E-state index in [-0.39, 0.29) is 17.4 Å². The number of pyridine rings is 1. The number of carbonyl (C=O) groups is 1. The SMILES string of the molecule is CCCNC(=O)c1nc2c(-c3c(F)ccc4c3OCC4)cccn2c1N. The van der Waals surface area contributed by atoms with Crippen LogP contribution in [0.25, 0.3) is 16.8 Å². The molecule has 134 valence electrons. The number of anilines is 1. The van der Waals surface area contributed by atoms with Crippen LogP contribution in [0.3, 0.4) is 0 Å². The molecule has 6 nitrogen and oxygen atoms in total. The summed E-state index contributed by atoms with van der Waals surface area (Å²) in [6, 6.07) is 6.69. The summed E-state index contributed by atoms with van der Waals surface area (Å²) in [6.07, 6.45) is 3.26. The van der Waals surface area contributed by atoms with Gasteiger partial charge in [0.25, 0.3) is 5.91 Å². The number of nitrogens with two attached hydrogens (primary N) is 1. The molecule has 3 N–H and O–H groups in total. The van der Waals surface area contributed by atoms with E-state index in [4.69, 9.17) is 10.5 Å². The summed E-state index contributed by atoms with van der Waals surface area (Å²) in [6.45, 7) is 3.02. The number of rotatable bonds is 4. The second-order valence-corrected chi connectivity index (χ2v) is 6.23. The lowest BCUT2D eigenvalue weighted by Crippen LogP contribution is -2.25. The van der Waals surface area contributed by atoms with E-state index in [1.165, 1.54) is 6.07 Å². The summed E-state index contributed by atoms with van der Waals surface area (Å²) in [5.41, 5.74) is 8.55. The minimum absolute atomic E-state index is 0.139. The van der Waals surface area contributed by atoms with Crippen LogP contribution >= 0.6 is 0 Å². The molecule has 0 atom stereocenters. The quantitative estimate of drug-likeness (QED) is 0.755. The molecular weight excluding hydrogens is 335 g/mol. The van der Waals surface area contributed by atoms with Crippen LogP contribution in [-0.4, -0.2) is 28.4 Å². The molecule has 1 aliphatic rings. The van der Waals surface area contributed by atoms with Crippen LogP contribution in [0.1, 0.15) is 29.4 Å². The number of aromatic nitrogens is 2. The second kappa shape index (κ2) is 6.33. The van der Waals surface area contributed by atoms with E-state index in [2.05, 4.69) is 10.3 Å². The Labute approximate surface area is 149 Å². The number of halogens is 1. The first-order chi connectivity index (χ1) is 12.6. The normalized spacial score (nSPS) is 12.8. The molecule has 0 bridgehead atoms. The maximum atomic E-state index is 14.7. The molecule has 0 spiro atoms. The highest BCUT2D eigenvalue weighted by Gasteiger charge is 2.25. The fourth-order valence-electron chi connectivity index (χ4n) is 3.25. The molecule has 0 radical (unpaired) electrons. The molecular formula is C19H19FN4O2. The van der Waals surface area contributed by atoms with Crippen LogP contribution in [0.2, 0.25) is 0 Å². The largest absolute Gasteiger partial charge is 0.492 e. The van der Waals surface area contributed by atoms with Crippen LogP contribution in [0.4, 0.5) is 10.2 Å². The van der Waals surface area contributed by atoms with E-state index in [1.54, 1.807) is 28.8 Å². The number of amides is 1. The maximum absolute atomic E-state index is 14.7. The lowest BCUT2D eigenvalue weighted by molar-refractivity contribution is 0.0950. The third kappa shape index (κ3) is 2.47. The number of benzene rings is 1. The molecule has 3 heterocycles. The van der Waals surface area contributed by atoms with Gasteiger partial charge in [-0.15, -0.1) is 0 Å². The van der Waals surface area contributed by atoms with Crippen molar-refractivity contribution in [2.75, 3.05) is 18.9 Å². The van der Waals surface area contributed by atoms with Crippen molar-refractivity contribution in [2.45, 2.75) is 19.8 Å². The Kier molecular flexibility index (Phi) is 3.99. The van der Waals surface area contributed by atoms with Crippen LogP contribution in [0, 0.1) is 5.82 Å². The maximum Gasteiger partial charge on any atom is 0.273 e. The van der Waals surface area contributed by atoms with E-state index in [0.717, 1.165) is 18.4 Å². The third-order valence-electron chi connectivity index (χ3n) is 4.51.